The van der Waals surface area contributed by atoms with Crippen LogP contribution in [-0.4, -0.2) is 21.4 Å². The highest BCUT2D eigenvalue weighted by Crippen LogP contribution is 2.27. The Kier molecular flexibility index (Phi) is 4.60. The van der Waals surface area contributed by atoms with Crippen LogP contribution in [0.1, 0.15) is 39.2 Å². The second kappa shape index (κ2) is 7.24. The number of alkyl halides is 2. The van der Waals surface area contributed by atoms with E-state index in [0.717, 1.165) is 5.56 Å². The molecule has 1 aromatic heterocycles. The number of nitrogens with one attached hydrogen (secondary N) is 1. The number of carbonyl (C=O) groups excluding carboxylic acids is 1. The number of amides is 1. The smallest absolute Gasteiger partial charge is 0.322 e. The van der Waals surface area contributed by atoms with Gasteiger partial charge in [-0.1, -0.05) is 12.1 Å². The number of nitrogens with zero attached hydrogens (tertiary/aromatic N) is 4. The second-order valence-electron chi connectivity index (χ2n) is 6.26. The summed E-state index contributed by atoms with van der Waals surface area (Å²) < 4.78 is 40.3. The Labute approximate surface area is 162 Å². The van der Waals surface area contributed by atoms with Crippen LogP contribution in [0.5, 0.6) is 0 Å². The fourth-order valence-electron chi connectivity index (χ4n) is 3.07. The van der Waals surface area contributed by atoms with Gasteiger partial charge in [-0.15, -0.1) is 0 Å². The molecule has 0 unspecified atom stereocenters. The largest absolute Gasteiger partial charge is 0.333 e. The summed E-state index contributed by atoms with van der Waals surface area (Å²) >= 11 is 0. The van der Waals surface area contributed by atoms with Gasteiger partial charge < -0.3 is 5.32 Å². The summed E-state index contributed by atoms with van der Waals surface area (Å²) in [7, 11) is 0. The van der Waals surface area contributed by atoms with Crippen molar-refractivity contribution in [1.29, 1.82) is 5.26 Å². The molecule has 29 heavy (non-hydrogen) atoms. The molecule has 0 saturated carbocycles. The second-order valence-corrected chi connectivity index (χ2v) is 6.26. The number of hydrogen-bond donors (Lipinski definition) is 1. The van der Waals surface area contributed by atoms with E-state index in [1.54, 1.807) is 24.3 Å². The Morgan fingerprint density at radius 3 is 2.83 bits per heavy atom. The molecule has 1 aliphatic rings. The molecule has 1 aliphatic heterocycles. The van der Waals surface area contributed by atoms with Gasteiger partial charge in [0.05, 0.1) is 29.6 Å². The van der Waals surface area contributed by atoms with Crippen LogP contribution in [0.25, 0.3) is 0 Å². The lowest BCUT2D eigenvalue weighted by molar-refractivity contribution is 0.0566. The van der Waals surface area contributed by atoms with Gasteiger partial charge in [0.15, 0.2) is 5.82 Å². The molecule has 4 rings (SSSR count). The lowest BCUT2D eigenvalue weighted by Gasteiger charge is -2.09. The maximum absolute atomic E-state index is 14.2. The van der Waals surface area contributed by atoms with E-state index < -0.39 is 18.3 Å². The lowest BCUT2D eigenvalue weighted by Crippen LogP contribution is -2.15. The maximum atomic E-state index is 14.2. The van der Waals surface area contributed by atoms with Crippen LogP contribution < -0.4 is 5.32 Å². The first kappa shape index (κ1) is 18.4. The first-order chi connectivity index (χ1) is 14.0. The van der Waals surface area contributed by atoms with Gasteiger partial charge >= 0.3 is 6.55 Å². The van der Waals surface area contributed by atoms with Crippen LogP contribution in [0.2, 0.25) is 0 Å². The van der Waals surface area contributed by atoms with Crippen molar-refractivity contribution in [3.8, 4) is 6.07 Å². The van der Waals surface area contributed by atoms with E-state index in [1.807, 2.05) is 0 Å². The lowest BCUT2D eigenvalue weighted by atomic mass is 10.0. The number of aromatic nitrogens is 2. The van der Waals surface area contributed by atoms with Gasteiger partial charge in [0.1, 0.15) is 6.07 Å². The standard InChI is InChI=1S/C20H12F3N5O/c21-17-11(7-24)2-1-3-15(17)19(29)27-14-5-4-12-8-25-18(16(12)6-14)13-9-26-28(10-13)20(22)23/h1-6,9-10,20H,8H2,(H,27,29). The predicted molar refractivity (Wildman–Crippen MR) is 98.3 cm³/mol. The van der Waals surface area contributed by atoms with Crippen LogP contribution in [0.3, 0.4) is 0 Å². The van der Waals surface area contributed by atoms with E-state index in [2.05, 4.69) is 15.4 Å². The molecule has 1 amide bonds. The average Bonchev–Trinajstić information content (AvgIpc) is 3.34. The maximum Gasteiger partial charge on any atom is 0.333 e. The van der Waals surface area contributed by atoms with Crippen molar-refractivity contribution in [3.05, 3.63) is 82.4 Å². The molecular weight excluding hydrogens is 383 g/mol. The number of carbonyl (C=O) groups is 1. The fourth-order valence-corrected chi connectivity index (χ4v) is 3.07. The highest BCUT2D eigenvalue weighted by Gasteiger charge is 2.21. The molecule has 144 valence electrons. The van der Waals surface area contributed by atoms with E-state index in [0.29, 0.717) is 33.8 Å². The minimum absolute atomic E-state index is 0.225. The SMILES string of the molecule is N#Cc1cccc(C(=O)Nc2ccc3c(c2)C(c2cnn(C(F)F)c2)=NC3)c1F. The molecule has 0 spiro atoms. The van der Waals surface area contributed by atoms with Crippen molar-refractivity contribution in [1.82, 2.24) is 9.78 Å². The van der Waals surface area contributed by atoms with Crippen LogP contribution in [-0.2, 0) is 6.54 Å². The summed E-state index contributed by atoms with van der Waals surface area (Å²) in [5, 5.41) is 15.1. The van der Waals surface area contributed by atoms with Crippen LogP contribution in [0, 0.1) is 17.1 Å². The highest BCUT2D eigenvalue weighted by molar-refractivity contribution is 6.15. The zero-order chi connectivity index (χ0) is 20.5. The Hall–Kier alpha value is -3.93. The normalized spacial score (nSPS) is 12.4. The minimum atomic E-state index is -2.75. The van der Waals surface area contributed by atoms with Gasteiger partial charge in [0.2, 0.25) is 0 Å². The summed E-state index contributed by atoms with van der Waals surface area (Å²) in [6.07, 6.45) is 2.50. The van der Waals surface area contributed by atoms with Gasteiger partial charge in [0, 0.05) is 23.0 Å². The van der Waals surface area contributed by atoms with Crippen molar-refractivity contribution < 1.29 is 18.0 Å². The molecular formula is C20H12F3N5O. The van der Waals surface area contributed by atoms with E-state index in [1.165, 1.54) is 30.6 Å². The molecule has 2 heterocycles. The fraction of sp³-hybridized carbons (Fsp3) is 0.100. The van der Waals surface area contributed by atoms with E-state index >= 15 is 0 Å². The van der Waals surface area contributed by atoms with Crippen LogP contribution in [0.15, 0.2) is 53.8 Å². The van der Waals surface area contributed by atoms with Crippen LogP contribution in [0.4, 0.5) is 18.9 Å². The van der Waals surface area contributed by atoms with Gasteiger partial charge in [0.25, 0.3) is 5.91 Å². The molecule has 1 N–H and O–H groups in total. The Bertz CT molecular complexity index is 1190. The number of hydrogen-bond acceptors (Lipinski definition) is 4. The molecule has 6 nitrogen and oxygen atoms in total. The third kappa shape index (κ3) is 3.36. The minimum Gasteiger partial charge on any atom is -0.322 e. The van der Waals surface area contributed by atoms with Crippen molar-refractivity contribution in [2.45, 2.75) is 13.1 Å². The molecule has 0 atom stereocenters. The summed E-state index contributed by atoms with van der Waals surface area (Å²) in [6.45, 7) is -2.38. The third-order valence-corrected chi connectivity index (χ3v) is 4.47. The topological polar surface area (TPSA) is 83.1 Å². The van der Waals surface area contributed by atoms with E-state index in [4.69, 9.17) is 5.26 Å². The number of rotatable bonds is 4. The zero-order valence-corrected chi connectivity index (χ0v) is 14.7. The first-order valence-corrected chi connectivity index (χ1v) is 8.48. The number of anilines is 1. The molecule has 0 fully saturated rings. The quantitative estimate of drug-likeness (QED) is 0.728. The Morgan fingerprint density at radius 2 is 2.10 bits per heavy atom. The predicted octanol–water partition coefficient (Wildman–Crippen LogP) is 3.89. The van der Waals surface area contributed by atoms with Gasteiger partial charge in [-0.2, -0.15) is 19.1 Å². The summed E-state index contributed by atoms with van der Waals surface area (Å²) in [4.78, 5) is 16.8. The number of fused-ring (bicyclic) bond motifs is 1. The molecule has 9 heteroatoms. The van der Waals surface area contributed by atoms with Gasteiger partial charge in [-0.05, 0) is 29.8 Å². The summed E-state index contributed by atoms with van der Waals surface area (Å²) in [5.41, 5.74) is 2.35. The summed E-state index contributed by atoms with van der Waals surface area (Å²) in [5.74, 6) is -1.60. The average molecular weight is 395 g/mol. The number of aliphatic imine (C=N–C) groups is 1. The van der Waals surface area contributed by atoms with Gasteiger partial charge in [-0.3, -0.25) is 9.79 Å². The number of nitriles is 1. The Morgan fingerprint density at radius 1 is 1.28 bits per heavy atom. The molecule has 0 radical (unpaired) electrons. The summed E-state index contributed by atoms with van der Waals surface area (Å²) in [6, 6.07) is 10.7. The van der Waals surface area contributed by atoms with Crippen molar-refractivity contribution in [2.24, 2.45) is 4.99 Å². The van der Waals surface area contributed by atoms with Crippen LogP contribution >= 0.6 is 0 Å². The molecule has 2 aromatic carbocycles. The zero-order valence-electron chi connectivity index (χ0n) is 14.7. The van der Waals surface area contributed by atoms with Crippen molar-refractivity contribution >= 4 is 17.3 Å². The molecule has 3 aromatic rings. The Balaban J connectivity index is 1.61. The monoisotopic (exact) mass is 395 g/mol. The van der Waals surface area contributed by atoms with Crippen molar-refractivity contribution in [3.63, 3.8) is 0 Å². The first-order valence-electron chi connectivity index (χ1n) is 8.48. The molecule has 0 bridgehead atoms. The van der Waals surface area contributed by atoms with Crippen molar-refractivity contribution in [2.75, 3.05) is 5.32 Å². The number of benzene rings is 2. The van der Waals surface area contributed by atoms with E-state index in [9.17, 15) is 18.0 Å². The number of halogens is 3. The van der Waals surface area contributed by atoms with E-state index in [-0.39, 0.29) is 11.1 Å². The third-order valence-electron chi connectivity index (χ3n) is 4.47. The molecule has 0 saturated heterocycles. The molecule has 0 aliphatic carbocycles. The van der Waals surface area contributed by atoms with Gasteiger partial charge in [-0.25, -0.2) is 9.07 Å². The highest BCUT2D eigenvalue weighted by atomic mass is 19.3.